The van der Waals surface area contributed by atoms with E-state index in [0.717, 1.165) is 11.1 Å². The summed E-state index contributed by atoms with van der Waals surface area (Å²) in [6, 6.07) is 13.3. The number of halogens is 1. The largest absolute Gasteiger partial charge is 0.351 e. The van der Waals surface area contributed by atoms with Crippen molar-refractivity contribution in [1.29, 1.82) is 0 Å². The van der Waals surface area contributed by atoms with Crippen molar-refractivity contribution in [2.45, 2.75) is 30.7 Å². The number of hydrogen-bond acceptors (Lipinski definition) is 3. The molecule has 0 aliphatic rings. The van der Waals surface area contributed by atoms with E-state index >= 15 is 0 Å². The molecule has 0 aromatic heterocycles. The average molecular weight is 367 g/mol. The molecule has 128 valence electrons. The predicted molar refractivity (Wildman–Crippen MR) is 94.1 cm³/mol. The lowest BCUT2D eigenvalue weighted by Gasteiger charge is -2.15. The van der Waals surface area contributed by atoms with E-state index < -0.39 is 10.0 Å². The minimum absolute atomic E-state index is 0.0465. The fourth-order valence-electron chi connectivity index (χ4n) is 2.38. The van der Waals surface area contributed by atoms with Crippen LogP contribution in [0.2, 0.25) is 5.02 Å². The van der Waals surface area contributed by atoms with E-state index in [0.29, 0.717) is 18.0 Å². The summed E-state index contributed by atoms with van der Waals surface area (Å²) in [5.74, 6) is -0.346. The van der Waals surface area contributed by atoms with Gasteiger partial charge < -0.3 is 5.32 Å². The standard InChI is InChI=1S/C17H19ClN2O3S/c1-2-16(13-5-7-14(18)8-6-13)17(21)20-11-12-3-9-15(10-4-12)24(19,22)23/h3-10,16H,2,11H2,1H3,(H,20,21)(H2,19,22,23). The Morgan fingerprint density at radius 2 is 1.71 bits per heavy atom. The number of carbonyl (C=O) groups is 1. The number of sulfonamides is 1. The highest BCUT2D eigenvalue weighted by Gasteiger charge is 2.18. The number of nitrogens with one attached hydrogen (secondary N) is 1. The van der Waals surface area contributed by atoms with E-state index in [4.69, 9.17) is 16.7 Å². The second kappa shape index (κ2) is 7.79. The van der Waals surface area contributed by atoms with Crippen molar-refractivity contribution in [3.63, 3.8) is 0 Å². The molecule has 5 nitrogen and oxygen atoms in total. The maximum absolute atomic E-state index is 12.4. The molecule has 1 amide bonds. The molecule has 0 radical (unpaired) electrons. The van der Waals surface area contributed by atoms with Gasteiger partial charge in [-0.2, -0.15) is 0 Å². The molecule has 7 heteroatoms. The molecule has 1 unspecified atom stereocenters. The maximum atomic E-state index is 12.4. The monoisotopic (exact) mass is 366 g/mol. The summed E-state index contributed by atoms with van der Waals surface area (Å²) in [6.07, 6.45) is 0.665. The van der Waals surface area contributed by atoms with Crippen LogP contribution in [0.25, 0.3) is 0 Å². The van der Waals surface area contributed by atoms with Crippen molar-refractivity contribution in [3.8, 4) is 0 Å². The topological polar surface area (TPSA) is 89.3 Å². The number of benzene rings is 2. The minimum Gasteiger partial charge on any atom is -0.351 e. The lowest BCUT2D eigenvalue weighted by Crippen LogP contribution is -2.28. The average Bonchev–Trinajstić information content (AvgIpc) is 2.55. The van der Waals surface area contributed by atoms with Crippen LogP contribution in [0, 0.1) is 0 Å². The first-order valence-corrected chi connectivity index (χ1v) is 9.38. The third kappa shape index (κ3) is 4.80. The van der Waals surface area contributed by atoms with E-state index in [9.17, 15) is 13.2 Å². The number of hydrogen-bond donors (Lipinski definition) is 2. The van der Waals surface area contributed by atoms with Gasteiger partial charge in [-0.1, -0.05) is 42.8 Å². The van der Waals surface area contributed by atoms with Gasteiger partial charge in [0.05, 0.1) is 10.8 Å². The van der Waals surface area contributed by atoms with Gasteiger partial charge in [-0.3, -0.25) is 4.79 Å². The first-order chi connectivity index (χ1) is 11.3. The Balaban J connectivity index is 2.02. The molecule has 1 atom stereocenters. The molecule has 2 aromatic carbocycles. The molecule has 2 rings (SSSR count). The highest BCUT2D eigenvalue weighted by Crippen LogP contribution is 2.22. The summed E-state index contributed by atoms with van der Waals surface area (Å²) < 4.78 is 22.4. The van der Waals surface area contributed by atoms with Crippen LogP contribution in [0.15, 0.2) is 53.4 Å². The van der Waals surface area contributed by atoms with Crippen molar-refractivity contribution in [2.24, 2.45) is 5.14 Å². The number of rotatable bonds is 6. The molecule has 3 N–H and O–H groups in total. The van der Waals surface area contributed by atoms with Gasteiger partial charge in [0.25, 0.3) is 0 Å². The highest BCUT2D eigenvalue weighted by atomic mass is 35.5. The zero-order valence-corrected chi connectivity index (χ0v) is 14.8. The molecule has 0 aliphatic heterocycles. The molecule has 0 spiro atoms. The number of carbonyl (C=O) groups excluding carboxylic acids is 1. The van der Waals surface area contributed by atoms with Crippen LogP contribution in [-0.2, 0) is 21.4 Å². The summed E-state index contributed by atoms with van der Waals surface area (Å²) in [4.78, 5) is 12.4. The Hall–Kier alpha value is -1.89. The maximum Gasteiger partial charge on any atom is 0.238 e. The van der Waals surface area contributed by atoms with E-state index in [2.05, 4.69) is 5.32 Å². The predicted octanol–water partition coefficient (Wildman–Crippen LogP) is 2.80. The van der Waals surface area contributed by atoms with Gasteiger partial charge >= 0.3 is 0 Å². The number of amides is 1. The van der Waals surface area contributed by atoms with E-state index in [1.165, 1.54) is 12.1 Å². The van der Waals surface area contributed by atoms with E-state index in [1.54, 1.807) is 24.3 Å². The van der Waals surface area contributed by atoms with Crippen molar-refractivity contribution in [2.75, 3.05) is 0 Å². The van der Waals surface area contributed by atoms with Crippen molar-refractivity contribution in [3.05, 3.63) is 64.7 Å². The fourth-order valence-corrected chi connectivity index (χ4v) is 3.02. The van der Waals surface area contributed by atoms with E-state index in [1.807, 2.05) is 19.1 Å². The summed E-state index contributed by atoms with van der Waals surface area (Å²) in [5.41, 5.74) is 1.70. The van der Waals surface area contributed by atoms with Gasteiger partial charge in [-0.15, -0.1) is 0 Å². The van der Waals surface area contributed by atoms with Gasteiger partial charge in [0.15, 0.2) is 0 Å². The molecule has 0 aliphatic carbocycles. The van der Waals surface area contributed by atoms with Crippen LogP contribution in [0.4, 0.5) is 0 Å². The zero-order chi connectivity index (χ0) is 17.7. The van der Waals surface area contributed by atoms with Crippen LogP contribution in [-0.4, -0.2) is 14.3 Å². The first-order valence-electron chi connectivity index (χ1n) is 7.46. The Kier molecular flexibility index (Phi) is 5.99. The van der Waals surface area contributed by atoms with Crippen LogP contribution in [0.5, 0.6) is 0 Å². The number of nitrogens with two attached hydrogens (primary N) is 1. The summed E-state index contributed by atoms with van der Waals surface area (Å²) in [6.45, 7) is 2.26. The molecule has 0 saturated heterocycles. The minimum atomic E-state index is -3.71. The Morgan fingerprint density at radius 1 is 1.12 bits per heavy atom. The summed E-state index contributed by atoms with van der Waals surface area (Å²) in [5, 5.41) is 8.55. The summed E-state index contributed by atoms with van der Waals surface area (Å²) >= 11 is 5.87. The van der Waals surface area contributed by atoms with Crippen molar-refractivity contribution >= 4 is 27.5 Å². The van der Waals surface area contributed by atoms with Crippen molar-refractivity contribution < 1.29 is 13.2 Å². The normalized spacial score (nSPS) is 12.6. The highest BCUT2D eigenvalue weighted by molar-refractivity contribution is 7.89. The van der Waals surface area contributed by atoms with Crippen LogP contribution >= 0.6 is 11.6 Å². The lowest BCUT2D eigenvalue weighted by atomic mass is 9.95. The Morgan fingerprint density at radius 3 is 2.21 bits per heavy atom. The lowest BCUT2D eigenvalue weighted by molar-refractivity contribution is -0.122. The molecule has 0 saturated carbocycles. The van der Waals surface area contributed by atoms with Crippen LogP contribution in [0.3, 0.4) is 0 Å². The van der Waals surface area contributed by atoms with Crippen molar-refractivity contribution in [1.82, 2.24) is 5.32 Å². The smallest absolute Gasteiger partial charge is 0.238 e. The Bertz CT molecular complexity index is 803. The third-order valence-electron chi connectivity index (χ3n) is 3.72. The van der Waals surface area contributed by atoms with Gasteiger partial charge in [0, 0.05) is 11.6 Å². The third-order valence-corrected chi connectivity index (χ3v) is 4.90. The zero-order valence-electron chi connectivity index (χ0n) is 13.2. The second-order valence-corrected chi connectivity index (χ2v) is 7.42. The summed E-state index contributed by atoms with van der Waals surface area (Å²) in [7, 11) is -3.71. The van der Waals surface area contributed by atoms with Crippen LogP contribution < -0.4 is 10.5 Å². The SMILES string of the molecule is CCC(C(=O)NCc1ccc(S(N)(=O)=O)cc1)c1ccc(Cl)cc1. The first kappa shape index (κ1) is 18.4. The molecule has 2 aromatic rings. The Labute approximate surface area is 146 Å². The quantitative estimate of drug-likeness (QED) is 0.823. The van der Waals surface area contributed by atoms with Crippen LogP contribution in [0.1, 0.15) is 30.4 Å². The second-order valence-electron chi connectivity index (χ2n) is 5.42. The van der Waals surface area contributed by atoms with Gasteiger partial charge in [0.2, 0.25) is 15.9 Å². The molecular formula is C17H19ClN2O3S. The molecule has 24 heavy (non-hydrogen) atoms. The molecular weight excluding hydrogens is 348 g/mol. The van der Waals surface area contributed by atoms with E-state index in [-0.39, 0.29) is 16.7 Å². The molecule has 0 fully saturated rings. The molecule has 0 heterocycles. The molecule has 0 bridgehead atoms. The van der Waals surface area contributed by atoms with Gasteiger partial charge in [-0.25, -0.2) is 13.6 Å². The van der Waals surface area contributed by atoms with Gasteiger partial charge in [0.1, 0.15) is 0 Å². The number of primary sulfonamides is 1. The fraction of sp³-hybridized carbons (Fsp3) is 0.235. The van der Waals surface area contributed by atoms with Gasteiger partial charge in [-0.05, 0) is 41.8 Å².